The van der Waals surface area contributed by atoms with E-state index in [0.29, 0.717) is 15.9 Å². The van der Waals surface area contributed by atoms with Gasteiger partial charge in [0.05, 0.1) is 6.54 Å². The minimum atomic E-state index is -0.386. The molecule has 0 spiro atoms. The monoisotopic (exact) mass is 322 g/mol. The minimum Gasteiger partial charge on any atom is -0.444 e. The van der Waals surface area contributed by atoms with Crippen molar-refractivity contribution in [3.05, 3.63) is 52.4 Å². The van der Waals surface area contributed by atoms with Gasteiger partial charge in [-0.25, -0.2) is 0 Å². The van der Waals surface area contributed by atoms with Crippen LogP contribution < -0.4 is 11.1 Å². The normalized spacial score (nSPS) is 10.2. The van der Waals surface area contributed by atoms with Crippen molar-refractivity contribution in [2.45, 2.75) is 0 Å². The van der Waals surface area contributed by atoms with Crippen LogP contribution in [0.2, 0.25) is 0 Å². The molecule has 98 valence electrons. The maximum absolute atomic E-state index is 11.8. The zero-order chi connectivity index (χ0) is 13.8. The van der Waals surface area contributed by atoms with Gasteiger partial charge in [0.2, 0.25) is 0 Å². The number of hydrogen-bond donors (Lipinski definition) is 2. The van der Waals surface area contributed by atoms with Crippen molar-refractivity contribution in [2.24, 2.45) is 5.73 Å². The van der Waals surface area contributed by atoms with Gasteiger partial charge in [-0.1, -0.05) is 12.1 Å². The lowest BCUT2D eigenvalue weighted by molar-refractivity contribution is 0.0988. The number of carbonyl (C=O) groups excluding carboxylic acids is 2. The molecule has 0 saturated heterocycles. The molecular weight excluding hydrogens is 312 g/mol. The Bertz CT molecular complexity index is 622. The molecule has 1 aromatic carbocycles. The number of anilines is 1. The third-order valence-electron chi connectivity index (χ3n) is 2.42. The van der Waals surface area contributed by atoms with Gasteiger partial charge in [-0.15, -0.1) is 0 Å². The van der Waals surface area contributed by atoms with Crippen LogP contribution in [0.15, 0.2) is 45.5 Å². The molecule has 0 aliphatic rings. The van der Waals surface area contributed by atoms with Gasteiger partial charge in [0.15, 0.2) is 16.2 Å². The number of carbonyl (C=O) groups is 2. The maximum atomic E-state index is 11.8. The zero-order valence-corrected chi connectivity index (χ0v) is 11.4. The first-order chi connectivity index (χ1) is 9.10. The number of amides is 1. The number of halogens is 1. The van der Waals surface area contributed by atoms with Crippen molar-refractivity contribution < 1.29 is 14.0 Å². The first kappa shape index (κ1) is 13.5. The number of rotatable bonds is 4. The van der Waals surface area contributed by atoms with Crippen LogP contribution in [0.1, 0.15) is 20.9 Å². The second-order valence-corrected chi connectivity index (χ2v) is 4.55. The second kappa shape index (κ2) is 5.81. The van der Waals surface area contributed by atoms with Gasteiger partial charge in [-0.05, 0) is 40.2 Å². The highest BCUT2D eigenvalue weighted by Gasteiger charge is 2.11. The summed E-state index contributed by atoms with van der Waals surface area (Å²) in [5.41, 5.74) is 6.26. The number of furan rings is 1. The van der Waals surface area contributed by atoms with Gasteiger partial charge in [0.1, 0.15) is 0 Å². The van der Waals surface area contributed by atoms with E-state index in [-0.39, 0.29) is 24.0 Å². The number of ketones is 1. The van der Waals surface area contributed by atoms with E-state index in [1.807, 2.05) is 0 Å². The molecule has 0 bridgehead atoms. The average Bonchev–Trinajstić information content (AvgIpc) is 2.85. The highest BCUT2D eigenvalue weighted by Crippen LogP contribution is 2.17. The third kappa shape index (κ3) is 3.30. The lowest BCUT2D eigenvalue weighted by Crippen LogP contribution is -2.15. The molecular formula is C13H11BrN2O3. The van der Waals surface area contributed by atoms with E-state index in [0.717, 1.165) is 0 Å². The van der Waals surface area contributed by atoms with Crippen LogP contribution in [0.3, 0.4) is 0 Å². The van der Waals surface area contributed by atoms with Crippen LogP contribution in [0, 0.1) is 0 Å². The summed E-state index contributed by atoms with van der Waals surface area (Å²) in [7, 11) is 0. The molecule has 1 heterocycles. The molecule has 0 atom stereocenters. The highest BCUT2D eigenvalue weighted by atomic mass is 79.9. The van der Waals surface area contributed by atoms with Gasteiger partial charge < -0.3 is 15.5 Å². The van der Waals surface area contributed by atoms with Gasteiger partial charge >= 0.3 is 0 Å². The van der Waals surface area contributed by atoms with Crippen LogP contribution in [0.25, 0.3) is 0 Å². The number of benzene rings is 1. The topological polar surface area (TPSA) is 85.3 Å². The van der Waals surface area contributed by atoms with E-state index in [4.69, 9.17) is 10.2 Å². The summed E-state index contributed by atoms with van der Waals surface area (Å²) < 4.78 is 5.61. The summed E-state index contributed by atoms with van der Waals surface area (Å²) in [5.74, 6) is -0.387. The van der Waals surface area contributed by atoms with Gasteiger partial charge in [0.25, 0.3) is 5.91 Å². The molecule has 0 unspecified atom stereocenters. The number of hydrogen-bond acceptors (Lipinski definition) is 4. The van der Waals surface area contributed by atoms with Crippen molar-refractivity contribution in [3.8, 4) is 0 Å². The fraction of sp³-hybridized carbons (Fsp3) is 0.0769. The Hall–Kier alpha value is -1.92. The summed E-state index contributed by atoms with van der Waals surface area (Å²) in [6, 6.07) is 9.76. The molecule has 2 aromatic rings. The van der Waals surface area contributed by atoms with E-state index in [1.165, 1.54) is 0 Å². The van der Waals surface area contributed by atoms with Crippen molar-refractivity contribution in [2.75, 3.05) is 11.9 Å². The van der Waals surface area contributed by atoms with Gasteiger partial charge in [-0.3, -0.25) is 9.59 Å². The van der Waals surface area contributed by atoms with E-state index >= 15 is 0 Å². The molecule has 0 fully saturated rings. The molecule has 1 amide bonds. The van der Waals surface area contributed by atoms with Crippen molar-refractivity contribution in [1.29, 1.82) is 0 Å². The first-order valence-corrected chi connectivity index (χ1v) is 6.29. The average molecular weight is 323 g/mol. The SMILES string of the molecule is NCC(=O)c1cccc(NC(=O)c2ccc(Br)o2)c1. The first-order valence-electron chi connectivity index (χ1n) is 5.50. The predicted molar refractivity (Wildman–Crippen MR) is 74.2 cm³/mol. The van der Waals surface area contributed by atoms with Crippen LogP contribution in [0.5, 0.6) is 0 Å². The summed E-state index contributed by atoms with van der Waals surface area (Å²) in [6.07, 6.45) is 0. The minimum absolute atomic E-state index is 0.0669. The third-order valence-corrected chi connectivity index (χ3v) is 2.85. The summed E-state index contributed by atoms with van der Waals surface area (Å²) in [5, 5.41) is 2.64. The Labute approximate surface area is 117 Å². The lowest BCUT2D eigenvalue weighted by Gasteiger charge is -2.05. The molecule has 6 heteroatoms. The van der Waals surface area contributed by atoms with Crippen molar-refractivity contribution >= 4 is 33.3 Å². The van der Waals surface area contributed by atoms with Gasteiger partial charge in [0, 0.05) is 11.3 Å². The molecule has 19 heavy (non-hydrogen) atoms. The van der Waals surface area contributed by atoms with E-state index in [1.54, 1.807) is 36.4 Å². The Kier molecular flexibility index (Phi) is 4.13. The Morgan fingerprint density at radius 3 is 2.68 bits per heavy atom. The van der Waals surface area contributed by atoms with Crippen molar-refractivity contribution in [1.82, 2.24) is 0 Å². The fourth-order valence-electron chi connectivity index (χ4n) is 1.52. The zero-order valence-electron chi connectivity index (χ0n) is 9.85. The number of Topliss-reactive ketones (excluding diaryl/α,β-unsaturated/α-hetero) is 1. The molecule has 3 N–H and O–H groups in total. The molecule has 0 aliphatic heterocycles. The van der Waals surface area contributed by atoms with E-state index < -0.39 is 0 Å². The molecule has 1 aromatic heterocycles. The van der Waals surface area contributed by atoms with Gasteiger partial charge in [-0.2, -0.15) is 0 Å². The number of nitrogens with one attached hydrogen (secondary N) is 1. The largest absolute Gasteiger partial charge is 0.444 e. The Morgan fingerprint density at radius 1 is 1.26 bits per heavy atom. The molecule has 2 rings (SSSR count). The molecule has 0 radical (unpaired) electrons. The molecule has 0 aliphatic carbocycles. The summed E-state index contributed by atoms with van der Waals surface area (Å²) >= 11 is 3.12. The van der Waals surface area contributed by atoms with Crippen LogP contribution in [0.4, 0.5) is 5.69 Å². The Balaban J connectivity index is 2.15. The fourth-order valence-corrected chi connectivity index (χ4v) is 1.82. The standard InChI is InChI=1S/C13H11BrN2O3/c14-12-5-4-11(19-12)13(18)16-9-3-1-2-8(6-9)10(17)7-15/h1-6H,7,15H2,(H,16,18). The van der Waals surface area contributed by atoms with Crippen LogP contribution >= 0.6 is 15.9 Å². The van der Waals surface area contributed by atoms with E-state index in [9.17, 15) is 9.59 Å². The maximum Gasteiger partial charge on any atom is 0.291 e. The summed E-state index contributed by atoms with van der Waals surface area (Å²) in [6.45, 7) is -0.0669. The summed E-state index contributed by atoms with van der Waals surface area (Å²) in [4.78, 5) is 23.3. The highest BCUT2D eigenvalue weighted by molar-refractivity contribution is 9.10. The van der Waals surface area contributed by atoms with Crippen LogP contribution in [-0.4, -0.2) is 18.2 Å². The molecule has 5 nitrogen and oxygen atoms in total. The lowest BCUT2D eigenvalue weighted by atomic mass is 10.1. The van der Waals surface area contributed by atoms with E-state index in [2.05, 4.69) is 21.2 Å². The smallest absolute Gasteiger partial charge is 0.291 e. The quantitative estimate of drug-likeness (QED) is 0.846. The van der Waals surface area contributed by atoms with Crippen LogP contribution in [-0.2, 0) is 0 Å². The number of nitrogens with two attached hydrogens (primary N) is 1. The molecule has 0 saturated carbocycles. The Morgan fingerprint density at radius 2 is 2.05 bits per heavy atom. The van der Waals surface area contributed by atoms with Crippen molar-refractivity contribution in [3.63, 3.8) is 0 Å². The predicted octanol–water partition coefficient (Wildman–Crippen LogP) is 2.44. The second-order valence-electron chi connectivity index (χ2n) is 3.77.